The van der Waals surface area contributed by atoms with E-state index in [1.54, 1.807) is 0 Å². The molecule has 3 rings (SSSR count). The number of rotatable bonds is 9. The molecule has 0 spiro atoms. The van der Waals surface area contributed by atoms with E-state index in [4.69, 9.17) is 16.6 Å². The summed E-state index contributed by atoms with van der Waals surface area (Å²) in [6.07, 6.45) is 7.34. The largest absolute Gasteiger partial charge is 0.726 e. The third-order valence-corrected chi connectivity index (χ3v) is 7.71. The Morgan fingerprint density at radius 3 is 2.16 bits per heavy atom. The van der Waals surface area contributed by atoms with Crippen LogP contribution in [0.4, 0.5) is 0 Å². The Morgan fingerprint density at radius 1 is 1.18 bits per heavy atom. The summed E-state index contributed by atoms with van der Waals surface area (Å²) in [6.45, 7) is 5.83. The van der Waals surface area contributed by atoms with Gasteiger partial charge in [0.2, 0.25) is 10.4 Å². The summed E-state index contributed by atoms with van der Waals surface area (Å²) in [5.74, 6) is -0.550. The van der Waals surface area contributed by atoms with Crippen molar-refractivity contribution in [3.8, 4) is 0 Å². The van der Waals surface area contributed by atoms with E-state index in [0.717, 1.165) is 36.8 Å². The number of carboxylic acids is 1. The maximum atomic E-state index is 11.7. The lowest BCUT2D eigenvalue weighted by atomic mass is 9.73. The van der Waals surface area contributed by atoms with Gasteiger partial charge in [-0.25, -0.2) is 8.42 Å². The molecule has 1 aromatic rings. The average Bonchev–Trinajstić information content (AvgIpc) is 2.89. The second-order valence-electron chi connectivity index (χ2n) is 10.7. The Balaban J connectivity index is 0.000000399. The SMILES string of the molecule is COS(=O)(=O)[O-].C[N+]1(C)CCN(CC(O)(c2ccccc2)C2CCCCC2)CC1.NCCCC(N)C(=O)O. The fourth-order valence-corrected chi connectivity index (χ4v) is 4.77. The number of quaternary nitrogens is 1. The van der Waals surface area contributed by atoms with Crippen molar-refractivity contribution in [1.82, 2.24) is 4.90 Å². The van der Waals surface area contributed by atoms with Gasteiger partial charge in [-0.3, -0.25) is 13.9 Å². The minimum atomic E-state index is -4.41. The third kappa shape index (κ3) is 12.9. The zero-order valence-corrected chi connectivity index (χ0v) is 23.9. The van der Waals surface area contributed by atoms with Gasteiger partial charge in [-0.05, 0) is 43.7 Å². The Bertz CT molecular complexity index is 901. The Hall–Kier alpha value is -1.64. The van der Waals surface area contributed by atoms with E-state index in [9.17, 15) is 22.9 Å². The van der Waals surface area contributed by atoms with E-state index in [-0.39, 0.29) is 0 Å². The first-order valence-electron chi connectivity index (χ1n) is 13.3. The molecule has 1 aromatic carbocycles. The molecule has 2 unspecified atom stereocenters. The molecule has 1 aliphatic carbocycles. The number of hydrogen-bond donors (Lipinski definition) is 4. The van der Waals surface area contributed by atoms with Gasteiger partial charge in [0.25, 0.3) is 0 Å². The molecule has 0 radical (unpaired) electrons. The van der Waals surface area contributed by atoms with Crippen LogP contribution in [0, 0.1) is 5.92 Å². The molecule has 1 heterocycles. The molecule has 0 aromatic heterocycles. The number of hydrogen-bond acceptors (Lipinski definition) is 9. The van der Waals surface area contributed by atoms with E-state index < -0.39 is 28.0 Å². The first-order chi connectivity index (χ1) is 17.7. The smallest absolute Gasteiger partial charge is 0.320 e. The van der Waals surface area contributed by atoms with Crippen LogP contribution in [0.3, 0.4) is 0 Å². The highest BCUT2D eigenvalue weighted by atomic mass is 32.3. The lowest BCUT2D eigenvalue weighted by Gasteiger charge is -2.45. The van der Waals surface area contributed by atoms with Crippen LogP contribution >= 0.6 is 0 Å². The van der Waals surface area contributed by atoms with E-state index in [1.165, 1.54) is 45.2 Å². The first kappa shape index (κ1) is 34.4. The van der Waals surface area contributed by atoms with E-state index in [2.05, 4.69) is 47.4 Å². The van der Waals surface area contributed by atoms with Gasteiger partial charge >= 0.3 is 5.97 Å². The van der Waals surface area contributed by atoms with Crippen molar-refractivity contribution >= 4 is 16.4 Å². The van der Waals surface area contributed by atoms with Crippen LogP contribution in [0.15, 0.2) is 30.3 Å². The molecule has 2 atom stereocenters. The Kier molecular flexibility index (Phi) is 14.9. The zero-order valence-electron chi connectivity index (χ0n) is 23.1. The van der Waals surface area contributed by atoms with Crippen molar-refractivity contribution in [2.24, 2.45) is 17.4 Å². The molecule has 220 valence electrons. The lowest BCUT2D eigenvalue weighted by Crippen LogP contribution is -2.58. The quantitative estimate of drug-likeness (QED) is 0.194. The Morgan fingerprint density at radius 2 is 1.71 bits per heavy atom. The van der Waals surface area contributed by atoms with Crippen molar-refractivity contribution in [2.75, 3.05) is 60.5 Å². The van der Waals surface area contributed by atoms with Gasteiger partial charge in [0.15, 0.2) is 0 Å². The monoisotopic (exact) mass is 560 g/mol. The standard InChI is InChI=1S/C20H33N2O.C5H12N2O2.CH4O4S/c1-22(2)15-13-21(14-16-22)17-20(23,18-9-5-3-6-10-18)19-11-7-4-8-12-19;6-3-1-2-4(7)5(8)9;1-5-6(2,3)4/h3,5-6,9-10,19,23H,4,7-8,11-17H2,1-2H3;4H,1-3,6-7H2,(H,8,9);1H3,(H,2,3,4)/q+1;;/p-1. The van der Waals surface area contributed by atoms with Gasteiger partial charge < -0.3 is 30.7 Å². The van der Waals surface area contributed by atoms with E-state index >= 15 is 0 Å². The topological polar surface area (TPSA) is 179 Å². The zero-order chi connectivity index (χ0) is 28.8. The second-order valence-corrected chi connectivity index (χ2v) is 11.9. The predicted octanol–water partition coefficient (Wildman–Crippen LogP) is 1.08. The number of benzene rings is 1. The Labute approximate surface area is 228 Å². The highest BCUT2D eigenvalue weighted by Crippen LogP contribution is 2.40. The number of nitrogens with zero attached hydrogens (tertiary/aromatic N) is 2. The fourth-order valence-electron chi connectivity index (χ4n) is 4.77. The van der Waals surface area contributed by atoms with Gasteiger partial charge in [-0.1, -0.05) is 49.6 Å². The van der Waals surface area contributed by atoms with Crippen LogP contribution in [0.2, 0.25) is 0 Å². The summed E-state index contributed by atoms with van der Waals surface area (Å²) in [7, 11) is 1.01. The van der Waals surface area contributed by atoms with Crippen molar-refractivity contribution in [1.29, 1.82) is 0 Å². The highest BCUT2D eigenvalue weighted by Gasteiger charge is 2.41. The van der Waals surface area contributed by atoms with Crippen LogP contribution in [-0.2, 0) is 25.0 Å². The molecule has 2 aliphatic rings. The van der Waals surface area contributed by atoms with Crippen LogP contribution < -0.4 is 11.5 Å². The van der Waals surface area contributed by atoms with Crippen LogP contribution in [0.1, 0.15) is 50.5 Å². The average molecular weight is 561 g/mol. The van der Waals surface area contributed by atoms with Gasteiger partial charge in [-0.2, -0.15) is 0 Å². The number of aliphatic carboxylic acids is 1. The number of piperazine rings is 1. The molecule has 2 fully saturated rings. The maximum Gasteiger partial charge on any atom is 0.320 e. The molecule has 6 N–H and O–H groups in total. The molecular weight excluding hydrogens is 512 g/mol. The van der Waals surface area contributed by atoms with Crippen LogP contribution in [0.25, 0.3) is 0 Å². The van der Waals surface area contributed by atoms with Gasteiger partial charge in [0.05, 0.1) is 34.3 Å². The second kappa shape index (κ2) is 16.5. The number of likely N-dealkylation sites (N-methyl/N-ethyl adjacent to an activating group) is 1. The lowest BCUT2D eigenvalue weighted by molar-refractivity contribution is -0.894. The maximum absolute atomic E-state index is 11.7. The molecule has 38 heavy (non-hydrogen) atoms. The van der Waals surface area contributed by atoms with Crippen LogP contribution in [0.5, 0.6) is 0 Å². The number of carbonyl (C=O) groups is 1. The summed E-state index contributed by atoms with van der Waals surface area (Å²) in [5.41, 5.74) is 10.7. The number of nitrogens with two attached hydrogens (primary N) is 2. The van der Waals surface area contributed by atoms with E-state index in [1.807, 2.05) is 6.07 Å². The molecular formula is C26H48N4O7S. The number of carboxylic acid groups (broad SMARTS) is 1. The minimum Gasteiger partial charge on any atom is -0.726 e. The molecule has 11 nitrogen and oxygen atoms in total. The number of β-amino-alcohol motifs (C(OH)–C–C–N with tert-alkyl or cyclic N) is 1. The third-order valence-electron chi connectivity index (χ3n) is 7.30. The summed E-state index contributed by atoms with van der Waals surface area (Å²) < 4.78 is 32.1. The summed E-state index contributed by atoms with van der Waals surface area (Å²) >= 11 is 0. The molecule has 12 heteroatoms. The highest BCUT2D eigenvalue weighted by molar-refractivity contribution is 7.80. The summed E-state index contributed by atoms with van der Waals surface area (Å²) in [5, 5.41) is 20.0. The first-order valence-corrected chi connectivity index (χ1v) is 14.6. The number of aliphatic hydroxyl groups is 1. The summed E-state index contributed by atoms with van der Waals surface area (Å²) in [6, 6.07) is 9.69. The van der Waals surface area contributed by atoms with Gasteiger partial charge in [-0.15, -0.1) is 0 Å². The van der Waals surface area contributed by atoms with Crippen molar-refractivity contribution in [3.05, 3.63) is 35.9 Å². The molecule has 1 saturated heterocycles. The predicted molar refractivity (Wildman–Crippen MR) is 146 cm³/mol. The van der Waals surface area contributed by atoms with Gasteiger partial charge in [0, 0.05) is 19.6 Å². The van der Waals surface area contributed by atoms with Gasteiger partial charge in [0.1, 0.15) is 11.6 Å². The van der Waals surface area contributed by atoms with Crippen molar-refractivity contribution in [3.63, 3.8) is 0 Å². The normalized spacial score (nSPS) is 20.6. The molecule has 1 aliphatic heterocycles. The van der Waals surface area contributed by atoms with E-state index in [0.29, 0.717) is 25.3 Å². The molecule has 1 saturated carbocycles. The molecule has 0 amide bonds. The fraction of sp³-hybridized carbons (Fsp3) is 0.731. The molecule has 0 bridgehead atoms. The minimum absolute atomic E-state index is 0.406. The van der Waals surface area contributed by atoms with Crippen molar-refractivity contribution < 1.29 is 36.6 Å². The summed E-state index contributed by atoms with van der Waals surface area (Å²) in [4.78, 5) is 12.5. The van der Waals surface area contributed by atoms with Crippen molar-refractivity contribution in [2.45, 2.75) is 56.6 Å². The van der Waals surface area contributed by atoms with Crippen LogP contribution in [-0.4, -0.2) is 105 Å².